The highest BCUT2D eigenvalue weighted by atomic mass is 16.5. The van der Waals surface area contributed by atoms with Crippen LogP contribution in [0.4, 0.5) is 0 Å². The van der Waals surface area contributed by atoms with Crippen molar-refractivity contribution in [2.75, 3.05) is 26.2 Å². The van der Waals surface area contributed by atoms with Crippen LogP contribution in [0.1, 0.15) is 34.6 Å². The van der Waals surface area contributed by atoms with Crippen molar-refractivity contribution in [3.8, 4) is 0 Å². The first-order valence-electron chi connectivity index (χ1n) is 6.65. The molecule has 1 rings (SSSR count). The molecular weight excluding hydrogens is 200 g/mol. The molecule has 0 aromatic heterocycles. The van der Waals surface area contributed by atoms with E-state index in [0.717, 1.165) is 26.2 Å². The van der Waals surface area contributed by atoms with Crippen LogP contribution in [0.3, 0.4) is 0 Å². The Balaban J connectivity index is 2.55. The Morgan fingerprint density at radius 1 is 1.31 bits per heavy atom. The molecule has 1 aliphatic rings. The monoisotopic (exact) mass is 228 g/mol. The van der Waals surface area contributed by atoms with Crippen LogP contribution in [0.15, 0.2) is 0 Å². The van der Waals surface area contributed by atoms with E-state index in [4.69, 9.17) is 4.74 Å². The normalized spacial score (nSPS) is 25.3. The molecule has 1 aliphatic heterocycles. The van der Waals surface area contributed by atoms with Crippen LogP contribution in [0, 0.1) is 5.92 Å². The molecule has 2 unspecified atom stereocenters. The predicted octanol–water partition coefficient (Wildman–Crippen LogP) is 1.73. The molecule has 0 saturated carbocycles. The van der Waals surface area contributed by atoms with Crippen molar-refractivity contribution in [3.05, 3.63) is 0 Å². The zero-order valence-electron chi connectivity index (χ0n) is 11.5. The summed E-state index contributed by atoms with van der Waals surface area (Å²) in [5, 5.41) is 3.56. The first-order chi connectivity index (χ1) is 7.56. The van der Waals surface area contributed by atoms with Gasteiger partial charge in [-0.15, -0.1) is 0 Å². The Hall–Kier alpha value is -0.120. The summed E-state index contributed by atoms with van der Waals surface area (Å²) in [6.07, 6.45) is 0.344. The zero-order valence-corrected chi connectivity index (χ0v) is 11.5. The van der Waals surface area contributed by atoms with Gasteiger partial charge in [0, 0.05) is 25.2 Å². The molecule has 1 heterocycles. The maximum Gasteiger partial charge on any atom is 0.0857 e. The number of rotatable bonds is 5. The molecule has 16 heavy (non-hydrogen) atoms. The van der Waals surface area contributed by atoms with Gasteiger partial charge in [0.1, 0.15) is 0 Å². The largest absolute Gasteiger partial charge is 0.374 e. The number of hydrogen-bond donors (Lipinski definition) is 1. The average molecular weight is 228 g/mol. The van der Waals surface area contributed by atoms with Crippen LogP contribution >= 0.6 is 0 Å². The van der Waals surface area contributed by atoms with Crippen LogP contribution in [-0.2, 0) is 4.74 Å². The van der Waals surface area contributed by atoms with E-state index < -0.39 is 0 Å². The van der Waals surface area contributed by atoms with Gasteiger partial charge in [-0.05, 0) is 26.3 Å². The highest BCUT2D eigenvalue weighted by Crippen LogP contribution is 2.16. The van der Waals surface area contributed by atoms with Crippen LogP contribution < -0.4 is 5.32 Å². The van der Waals surface area contributed by atoms with Crippen molar-refractivity contribution >= 4 is 0 Å². The Labute approximate surface area is 101 Å². The van der Waals surface area contributed by atoms with Gasteiger partial charge in [-0.3, -0.25) is 4.90 Å². The third-order valence-electron chi connectivity index (χ3n) is 3.41. The molecule has 0 spiro atoms. The minimum Gasteiger partial charge on any atom is -0.374 e. The standard InChI is InChI=1S/C13H28N2O/c1-6-14-13(10(2)3)12-9-15(11(4)5)7-8-16-12/h10-14H,6-9H2,1-5H3. The summed E-state index contributed by atoms with van der Waals surface area (Å²) in [4.78, 5) is 2.51. The van der Waals surface area contributed by atoms with Crippen molar-refractivity contribution in [1.82, 2.24) is 10.2 Å². The second-order valence-corrected chi connectivity index (χ2v) is 5.33. The summed E-state index contributed by atoms with van der Waals surface area (Å²) < 4.78 is 5.93. The second-order valence-electron chi connectivity index (χ2n) is 5.33. The lowest BCUT2D eigenvalue weighted by Gasteiger charge is -2.40. The summed E-state index contributed by atoms with van der Waals surface area (Å²) in [7, 11) is 0. The Morgan fingerprint density at radius 2 is 2.00 bits per heavy atom. The van der Waals surface area contributed by atoms with E-state index >= 15 is 0 Å². The van der Waals surface area contributed by atoms with E-state index in [2.05, 4.69) is 44.8 Å². The number of likely N-dealkylation sites (N-methyl/N-ethyl adjacent to an activating group) is 1. The van der Waals surface area contributed by atoms with Gasteiger partial charge in [-0.1, -0.05) is 20.8 Å². The summed E-state index contributed by atoms with van der Waals surface area (Å²) in [5.41, 5.74) is 0. The second kappa shape index (κ2) is 6.58. The third kappa shape index (κ3) is 3.72. The van der Waals surface area contributed by atoms with Crippen molar-refractivity contribution in [3.63, 3.8) is 0 Å². The van der Waals surface area contributed by atoms with Gasteiger partial charge in [-0.25, -0.2) is 0 Å². The van der Waals surface area contributed by atoms with Crippen molar-refractivity contribution in [2.24, 2.45) is 5.92 Å². The van der Waals surface area contributed by atoms with Gasteiger partial charge in [0.25, 0.3) is 0 Å². The van der Waals surface area contributed by atoms with Crippen molar-refractivity contribution in [2.45, 2.75) is 52.8 Å². The molecule has 1 fully saturated rings. The molecule has 2 atom stereocenters. The van der Waals surface area contributed by atoms with Crippen molar-refractivity contribution < 1.29 is 4.74 Å². The van der Waals surface area contributed by atoms with E-state index in [1.54, 1.807) is 0 Å². The number of morpholine rings is 1. The van der Waals surface area contributed by atoms with Crippen molar-refractivity contribution in [1.29, 1.82) is 0 Å². The number of hydrogen-bond acceptors (Lipinski definition) is 3. The van der Waals surface area contributed by atoms with Gasteiger partial charge in [0.2, 0.25) is 0 Å². The van der Waals surface area contributed by atoms with Gasteiger partial charge < -0.3 is 10.1 Å². The lowest BCUT2D eigenvalue weighted by atomic mass is 9.96. The molecule has 96 valence electrons. The maximum atomic E-state index is 5.93. The molecule has 0 aromatic rings. The number of ether oxygens (including phenoxy) is 1. The molecule has 1 saturated heterocycles. The fraction of sp³-hybridized carbons (Fsp3) is 1.00. The molecular formula is C13H28N2O. The summed E-state index contributed by atoms with van der Waals surface area (Å²) >= 11 is 0. The van der Waals surface area contributed by atoms with Crippen LogP contribution in [-0.4, -0.2) is 49.3 Å². The Bertz CT molecular complexity index is 194. The van der Waals surface area contributed by atoms with Gasteiger partial charge in [-0.2, -0.15) is 0 Å². The highest BCUT2D eigenvalue weighted by molar-refractivity contribution is 4.85. The average Bonchev–Trinajstić information content (AvgIpc) is 2.25. The Morgan fingerprint density at radius 3 is 2.50 bits per heavy atom. The quantitative estimate of drug-likeness (QED) is 0.775. The molecule has 0 amide bonds. The van der Waals surface area contributed by atoms with Gasteiger partial charge in [0.15, 0.2) is 0 Å². The first-order valence-corrected chi connectivity index (χ1v) is 6.65. The fourth-order valence-electron chi connectivity index (χ4n) is 2.41. The molecule has 3 nitrogen and oxygen atoms in total. The smallest absolute Gasteiger partial charge is 0.0857 e. The zero-order chi connectivity index (χ0) is 12.1. The minimum absolute atomic E-state index is 0.344. The summed E-state index contributed by atoms with van der Waals surface area (Å²) in [5.74, 6) is 0.622. The number of nitrogens with one attached hydrogen (secondary N) is 1. The minimum atomic E-state index is 0.344. The van der Waals surface area contributed by atoms with E-state index in [9.17, 15) is 0 Å². The van der Waals surface area contributed by atoms with E-state index in [-0.39, 0.29) is 0 Å². The molecule has 0 bridgehead atoms. The highest BCUT2D eigenvalue weighted by Gasteiger charge is 2.30. The third-order valence-corrected chi connectivity index (χ3v) is 3.41. The number of nitrogens with zero attached hydrogens (tertiary/aromatic N) is 1. The lowest BCUT2D eigenvalue weighted by Crippen LogP contribution is -2.55. The van der Waals surface area contributed by atoms with Crippen LogP contribution in [0.25, 0.3) is 0 Å². The molecule has 0 aromatic carbocycles. The Kier molecular flexibility index (Phi) is 5.73. The van der Waals surface area contributed by atoms with E-state index in [1.807, 2.05) is 0 Å². The fourth-order valence-corrected chi connectivity index (χ4v) is 2.41. The van der Waals surface area contributed by atoms with Crippen LogP contribution in [0.2, 0.25) is 0 Å². The maximum absolute atomic E-state index is 5.93. The van der Waals surface area contributed by atoms with E-state index in [1.165, 1.54) is 0 Å². The molecule has 1 N–H and O–H groups in total. The molecule has 0 radical (unpaired) electrons. The molecule has 0 aliphatic carbocycles. The SMILES string of the molecule is CCNC(C(C)C)C1CN(C(C)C)CCO1. The topological polar surface area (TPSA) is 24.5 Å². The predicted molar refractivity (Wildman–Crippen MR) is 68.8 cm³/mol. The lowest BCUT2D eigenvalue weighted by molar-refractivity contribution is -0.0621. The molecule has 3 heteroatoms. The first kappa shape index (κ1) is 13.9. The van der Waals surface area contributed by atoms with E-state index in [0.29, 0.717) is 24.1 Å². The summed E-state index contributed by atoms with van der Waals surface area (Å²) in [6.45, 7) is 15.3. The summed E-state index contributed by atoms with van der Waals surface area (Å²) in [6, 6.07) is 1.10. The van der Waals surface area contributed by atoms with Gasteiger partial charge >= 0.3 is 0 Å². The van der Waals surface area contributed by atoms with Gasteiger partial charge in [0.05, 0.1) is 12.7 Å². The van der Waals surface area contributed by atoms with Crippen LogP contribution in [0.5, 0.6) is 0 Å².